The van der Waals surface area contributed by atoms with E-state index >= 15 is 0 Å². The van der Waals surface area contributed by atoms with Gasteiger partial charge in [0.25, 0.3) is 17.7 Å². The van der Waals surface area contributed by atoms with Gasteiger partial charge >= 0.3 is 12.1 Å². The van der Waals surface area contributed by atoms with Crippen LogP contribution < -0.4 is 5.32 Å². The van der Waals surface area contributed by atoms with Crippen molar-refractivity contribution in [3.05, 3.63) is 58.2 Å². The number of benzene rings is 1. The highest BCUT2D eigenvalue weighted by Crippen LogP contribution is 2.32. The van der Waals surface area contributed by atoms with Crippen LogP contribution in [0.15, 0.2) is 36.5 Å². The van der Waals surface area contributed by atoms with Crippen LogP contribution in [0.1, 0.15) is 39.1 Å². The molecule has 0 fully saturated rings. The molecule has 0 saturated heterocycles. The van der Waals surface area contributed by atoms with E-state index in [2.05, 4.69) is 10.3 Å². The Morgan fingerprint density at radius 2 is 1.75 bits per heavy atom. The summed E-state index contributed by atoms with van der Waals surface area (Å²) in [6.07, 6.45) is -4.17. The SMILES string of the molecule is O=C(COC(=O)CCCN1C(=O)c2ccccc2C1=O)Nc1ncc(C(F)(F)F)cc1Cl. The van der Waals surface area contributed by atoms with Crippen molar-refractivity contribution >= 4 is 41.1 Å². The van der Waals surface area contributed by atoms with Gasteiger partial charge in [-0.15, -0.1) is 0 Å². The summed E-state index contributed by atoms with van der Waals surface area (Å²) in [5.41, 5.74) is -0.482. The van der Waals surface area contributed by atoms with Crippen molar-refractivity contribution in [3.8, 4) is 0 Å². The highest BCUT2D eigenvalue weighted by Gasteiger charge is 2.34. The Labute approximate surface area is 184 Å². The van der Waals surface area contributed by atoms with Crippen LogP contribution in [0.4, 0.5) is 19.0 Å². The number of nitrogens with one attached hydrogen (secondary N) is 1. The van der Waals surface area contributed by atoms with Crippen LogP contribution in [-0.4, -0.2) is 46.7 Å². The number of rotatable bonds is 7. The number of anilines is 1. The smallest absolute Gasteiger partial charge is 0.417 e. The largest absolute Gasteiger partial charge is 0.456 e. The van der Waals surface area contributed by atoms with Crippen LogP contribution in [0.25, 0.3) is 0 Å². The first-order valence-corrected chi connectivity index (χ1v) is 9.59. The third-order valence-electron chi connectivity index (χ3n) is 4.43. The molecule has 1 aliphatic rings. The standard InChI is InChI=1S/C20H15ClF3N3O5/c21-14-8-11(20(22,23)24)9-25-17(14)26-15(28)10-32-16(29)6-3-7-27-18(30)12-4-1-2-5-13(12)19(27)31/h1-2,4-5,8-9H,3,6-7,10H2,(H,25,26,28). The van der Waals surface area contributed by atoms with Crippen LogP contribution in [-0.2, 0) is 20.5 Å². The molecule has 1 aromatic heterocycles. The number of halogens is 4. The maximum Gasteiger partial charge on any atom is 0.417 e. The van der Waals surface area contributed by atoms with Crippen LogP contribution in [0.2, 0.25) is 5.02 Å². The summed E-state index contributed by atoms with van der Waals surface area (Å²) in [6.45, 7) is -0.719. The lowest BCUT2D eigenvalue weighted by atomic mass is 10.1. The molecule has 3 amide bonds. The van der Waals surface area contributed by atoms with E-state index in [9.17, 15) is 32.3 Å². The number of alkyl halides is 3. The molecule has 0 spiro atoms. The van der Waals surface area contributed by atoms with Crippen LogP contribution in [0.3, 0.4) is 0 Å². The minimum absolute atomic E-state index is 0.00126. The van der Waals surface area contributed by atoms with E-state index in [-0.39, 0.29) is 25.2 Å². The van der Waals surface area contributed by atoms with Gasteiger partial charge < -0.3 is 10.1 Å². The van der Waals surface area contributed by atoms with Gasteiger partial charge in [0.2, 0.25) is 0 Å². The highest BCUT2D eigenvalue weighted by molar-refractivity contribution is 6.33. The van der Waals surface area contributed by atoms with Gasteiger partial charge in [-0.2, -0.15) is 13.2 Å². The molecule has 1 aromatic carbocycles. The van der Waals surface area contributed by atoms with Crippen LogP contribution in [0.5, 0.6) is 0 Å². The molecule has 0 aliphatic carbocycles. The van der Waals surface area contributed by atoms with Crippen molar-refractivity contribution in [1.29, 1.82) is 0 Å². The zero-order chi connectivity index (χ0) is 23.5. The quantitative estimate of drug-likeness (QED) is 0.492. The molecule has 0 unspecified atom stereocenters. The third-order valence-corrected chi connectivity index (χ3v) is 4.72. The second-order valence-electron chi connectivity index (χ2n) is 6.67. The topological polar surface area (TPSA) is 106 Å². The number of fused-ring (bicyclic) bond motifs is 1. The number of amides is 3. The van der Waals surface area contributed by atoms with E-state index in [4.69, 9.17) is 16.3 Å². The zero-order valence-corrected chi connectivity index (χ0v) is 17.0. The number of pyridine rings is 1. The summed E-state index contributed by atoms with van der Waals surface area (Å²) in [5.74, 6) is -2.82. The van der Waals surface area contributed by atoms with Gasteiger partial charge in [-0.1, -0.05) is 23.7 Å². The molecule has 1 N–H and O–H groups in total. The van der Waals surface area contributed by atoms with E-state index < -0.39 is 47.1 Å². The summed E-state index contributed by atoms with van der Waals surface area (Å²) < 4.78 is 42.6. The fraction of sp³-hybridized carbons (Fsp3) is 0.250. The predicted octanol–water partition coefficient (Wildman–Crippen LogP) is 3.31. The number of hydrogen-bond donors (Lipinski definition) is 1. The van der Waals surface area contributed by atoms with E-state index in [0.29, 0.717) is 23.4 Å². The molecule has 1 aliphatic heterocycles. The van der Waals surface area contributed by atoms with Gasteiger partial charge in [-0.05, 0) is 24.6 Å². The normalized spacial score (nSPS) is 13.2. The average Bonchev–Trinajstić information content (AvgIpc) is 2.98. The molecule has 2 aromatic rings. The van der Waals surface area contributed by atoms with Gasteiger partial charge in [0.15, 0.2) is 12.4 Å². The van der Waals surface area contributed by atoms with Crippen molar-refractivity contribution < 1.29 is 37.1 Å². The van der Waals surface area contributed by atoms with Gasteiger partial charge in [-0.25, -0.2) is 4.98 Å². The second kappa shape index (κ2) is 9.35. The average molecular weight is 470 g/mol. The number of imide groups is 1. The maximum atomic E-state index is 12.6. The first-order valence-electron chi connectivity index (χ1n) is 9.21. The Kier molecular flexibility index (Phi) is 6.78. The predicted molar refractivity (Wildman–Crippen MR) is 105 cm³/mol. The Balaban J connectivity index is 1.42. The Morgan fingerprint density at radius 1 is 1.12 bits per heavy atom. The number of carbonyl (C=O) groups is 4. The van der Waals surface area contributed by atoms with Gasteiger partial charge in [0.1, 0.15) is 0 Å². The molecule has 0 atom stereocenters. The second-order valence-corrected chi connectivity index (χ2v) is 7.08. The summed E-state index contributed by atoms with van der Waals surface area (Å²) in [5, 5.41) is 1.71. The van der Waals surface area contributed by atoms with Crippen molar-refractivity contribution in [2.75, 3.05) is 18.5 Å². The molecule has 3 rings (SSSR count). The molecule has 0 radical (unpaired) electrons. The molecule has 8 nitrogen and oxygen atoms in total. The molecular weight excluding hydrogens is 455 g/mol. The molecule has 0 saturated carbocycles. The lowest BCUT2D eigenvalue weighted by Crippen LogP contribution is -2.31. The number of esters is 1. The van der Waals surface area contributed by atoms with E-state index in [1.165, 1.54) is 0 Å². The number of carbonyl (C=O) groups excluding carboxylic acids is 4. The van der Waals surface area contributed by atoms with E-state index in [0.717, 1.165) is 4.90 Å². The number of nitrogens with zero attached hydrogens (tertiary/aromatic N) is 2. The first-order chi connectivity index (χ1) is 15.1. The molecule has 0 bridgehead atoms. The minimum Gasteiger partial charge on any atom is -0.456 e. The Bertz CT molecular complexity index is 1060. The number of ether oxygens (including phenoxy) is 1. The van der Waals surface area contributed by atoms with Crippen molar-refractivity contribution in [2.45, 2.75) is 19.0 Å². The summed E-state index contributed by atoms with van der Waals surface area (Å²) in [6, 6.07) is 6.97. The van der Waals surface area contributed by atoms with Crippen molar-refractivity contribution in [3.63, 3.8) is 0 Å². The fourth-order valence-electron chi connectivity index (χ4n) is 2.89. The molecule has 32 heavy (non-hydrogen) atoms. The minimum atomic E-state index is -4.64. The van der Waals surface area contributed by atoms with Crippen molar-refractivity contribution in [1.82, 2.24) is 9.88 Å². The Hall–Kier alpha value is -3.47. The molecule has 12 heteroatoms. The van der Waals surface area contributed by atoms with Gasteiger partial charge in [0.05, 0.1) is 21.7 Å². The number of aromatic nitrogens is 1. The van der Waals surface area contributed by atoms with Gasteiger partial charge in [0, 0.05) is 19.2 Å². The molecule has 2 heterocycles. The lowest BCUT2D eigenvalue weighted by Gasteiger charge is -2.13. The fourth-order valence-corrected chi connectivity index (χ4v) is 3.11. The molecular formula is C20H15ClF3N3O5. The van der Waals surface area contributed by atoms with E-state index in [1.54, 1.807) is 24.3 Å². The summed E-state index contributed by atoms with van der Waals surface area (Å²) >= 11 is 5.69. The lowest BCUT2D eigenvalue weighted by molar-refractivity contribution is -0.147. The van der Waals surface area contributed by atoms with Crippen molar-refractivity contribution in [2.24, 2.45) is 0 Å². The summed E-state index contributed by atoms with van der Waals surface area (Å²) in [4.78, 5) is 52.6. The first kappa shape index (κ1) is 23.2. The van der Waals surface area contributed by atoms with Crippen LogP contribution >= 0.6 is 11.6 Å². The summed E-state index contributed by atoms with van der Waals surface area (Å²) in [7, 11) is 0. The third kappa shape index (κ3) is 5.22. The Morgan fingerprint density at radius 3 is 2.31 bits per heavy atom. The highest BCUT2D eigenvalue weighted by atomic mass is 35.5. The van der Waals surface area contributed by atoms with Gasteiger partial charge in [-0.3, -0.25) is 24.1 Å². The maximum absolute atomic E-state index is 12.6. The number of hydrogen-bond acceptors (Lipinski definition) is 6. The molecule has 168 valence electrons. The monoisotopic (exact) mass is 469 g/mol. The van der Waals surface area contributed by atoms with E-state index in [1.807, 2.05) is 0 Å². The zero-order valence-electron chi connectivity index (χ0n) is 16.2. The van der Waals surface area contributed by atoms with Crippen LogP contribution in [0, 0.1) is 0 Å².